The van der Waals surface area contributed by atoms with Gasteiger partial charge in [-0.05, 0) is 48.5 Å². The predicted octanol–water partition coefficient (Wildman–Crippen LogP) is 4.37. The molecule has 1 fully saturated rings. The molecule has 3 aromatic carbocycles. The van der Waals surface area contributed by atoms with Gasteiger partial charge in [-0.1, -0.05) is 18.2 Å². The normalized spacial score (nSPS) is 15.2. The molecule has 1 aliphatic heterocycles. The van der Waals surface area contributed by atoms with Crippen LogP contribution in [0.1, 0.15) is 6.42 Å². The molecule has 0 aromatic heterocycles. The lowest BCUT2D eigenvalue weighted by Gasteiger charge is -2.19. The van der Waals surface area contributed by atoms with E-state index in [2.05, 4.69) is 16.0 Å². The van der Waals surface area contributed by atoms with Crippen molar-refractivity contribution in [2.75, 3.05) is 36.3 Å². The number of hydrogen-bond acceptors (Lipinski definition) is 5. The van der Waals surface area contributed by atoms with Crippen molar-refractivity contribution in [1.29, 1.82) is 0 Å². The highest BCUT2D eigenvalue weighted by molar-refractivity contribution is 5.98. The van der Waals surface area contributed by atoms with Crippen molar-refractivity contribution in [1.82, 2.24) is 5.32 Å². The van der Waals surface area contributed by atoms with Crippen LogP contribution in [0.15, 0.2) is 72.8 Å². The van der Waals surface area contributed by atoms with E-state index in [-0.39, 0.29) is 24.4 Å². The molecule has 3 aromatic rings. The minimum absolute atomic E-state index is 0.0659. The van der Waals surface area contributed by atoms with Gasteiger partial charge in [-0.3, -0.25) is 4.79 Å². The number of hydrogen-bond donors (Lipinski definition) is 3. The predicted molar refractivity (Wildman–Crippen MR) is 129 cm³/mol. The number of nitrogens with zero attached hydrogens (tertiary/aromatic N) is 1. The van der Waals surface area contributed by atoms with Gasteiger partial charge in [0.15, 0.2) is 11.5 Å². The van der Waals surface area contributed by atoms with E-state index in [1.165, 1.54) is 0 Å². The molecule has 0 radical (unpaired) electrons. The van der Waals surface area contributed by atoms with Crippen LogP contribution in [0.3, 0.4) is 0 Å². The van der Waals surface area contributed by atoms with Gasteiger partial charge in [0.05, 0.1) is 20.3 Å². The van der Waals surface area contributed by atoms with E-state index in [1.807, 2.05) is 54.6 Å². The average Bonchev–Trinajstić information content (AvgIpc) is 3.20. The summed E-state index contributed by atoms with van der Waals surface area (Å²) < 4.78 is 10.6. The second-order valence-corrected chi connectivity index (χ2v) is 7.61. The number of amides is 3. The third kappa shape index (κ3) is 5.35. The lowest BCUT2D eigenvalue weighted by Crippen LogP contribution is -2.39. The molecule has 1 atom stereocenters. The average molecular weight is 447 g/mol. The fourth-order valence-corrected chi connectivity index (χ4v) is 3.72. The molecule has 4 rings (SSSR count). The first-order valence-corrected chi connectivity index (χ1v) is 10.6. The molecule has 33 heavy (non-hydrogen) atoms. The molecule has 0 saturated carbocycles. The van der Waals surface area contributed by atoms with Gasteiger partial charge in [-0.25, -0.2) is 4.79 Å². The van der Waals surface area contributed by atoms with Gasteiger partial charge in [0, 0.05) is 41.8 Å². The van der Waals surface area contributed by atoms with Crippen molar-refractivity contribution in [2.45, 2.75) is 12.5 Å². The summed E-state index contributed by atoms with van der Waals surface area (Å²) in [5.74, 6) is 1.07. The summed E-state index contributed by atoms with van der Waals surface area (Å²) in [6.45, 7) is 0.377. The van der Waals surface area contributed by atoms with Crippen LogP contribution in [-0.4, -0.2) is 38.7 Å². The minimum Gasteiger partial charge on any atom is -0.493 e. The zero-order valence-corrected chi connectivity index (χ0v) is 18.5. The quantitative estimate of drug-likeness (QED) is 0.501. The second-order valence-electron chi connectivity index (χ2n) is 7.61. The number of methoxy groups -OCH3 is 2. The number of ether oxygens (including phenoxy) is 2. The molecular formula is C25H26N4O4. The molecule has 1 saturated heterocycles. The van der Waals surface area contributed by atoms with Crippen LogP contribution in [0.25, 0.3) is 0 Å². The number of para-hydroxylation sites is 1. The first kappa shape index (κ1) is 22.0. The number of carbonyl (C=O) groups excluding carboxylic acids is 2. The van der Waals surface area contributed by atoms with Crippen LogP contribution in [-0.2, 0) is 4.79 Å². The van der Waals surface area contributed by atoms with E-state index in [0.717, 1.165) is 11.4 Å². The second kappa shape index (κ2) is 9.95. The summed E-state index contributed by atoms with van der Waals surface area (Å²) in [4.78, 5) is 26.7. The fraction of sp³-hybridized carbons (Fsp3) is 0.200. The maximum Gasteiger partial charge on any atom is 0.319 e. The number of benzene rings is 3. The molecule has 0 aliphatic carbocycles. The Hall–Kier alpha value is -4.20. The number of rotatable bonds is 7. The summed E-state index contributed by atoms with van der Waals surface area (Å²) in [6.07, 6.45) is 0.224. The summed E-state index contributed by atoms with van der Waals surface area (Å²) in [7, 11) is 3.11. The van der Waals surface area contributed by atoms with Crippen LogP contribution < -0.4 is 30.3 Å². The molecule has 0 spiro atoms. The highest BCUT2D eigenvalue weighted by Gasteiger charge is 2.32. The first-order chi connectivity index (χ1) is 16.1. The van der Waals surface area contributed by atoms with Gasteiger partial charge < -0.3 is 30.3 Å². The van der Waals surface area contributed by atoms with Crippen molar-refractivity contribution < 1.29 is 19.1 Å². The molecule has 1 unspecified atom stereocenters. The third-order valence-electron chi connectivity index (χ3n) is 5.34. The Balaban J connectivity index is 1.32. The molecule has 170 valence electrons. The van der Waals surface area contributed by atoms with Gasteiger partial charge in [0.25, 0.3) is 0 Å². The van der Waals surface area contributed by atoms with Crippen LogP contribution in [0.5, 0.6) is 11.5 Å². The molecule has 0 bridgehead atoms. The van der Waals surface area contributed by atoms with Crippen molar-refractivity contribution in [3.8, 4) is 11.5 Å². The summed E-state index contributed by atoms with van der Waals surface area (Å²) in [5.41, 5.74) is 3.26. The lowest BCUT2D eigenvalue weighted by atomic mass is 10.2. The Morgan fingerprint density at radius 1 is 0.879 bits per heavy atom. The van der Waals surface area contributed by atoms with Gasteiger partial charge in [0.2, 0.25) is 5.91 Å². The van der Waals surface area contributed by atoms with Crippen LogP contribution in [0.2, 0.25) is 0 Å². The van der Waals surface area contributed by atoms with E-state index >= 15 is 0 Å². The maximum atomic E-state index is 12.5. The van der Waals surface area contributed by atoms with E-state index < -0.39 is 0 Å². The number of nitrogens with one attached hydrogen (secondary N) is 3. The Bertz CT molecular complexity index is 1120. The van der Waals surface area contributed by atoms with Crippen molar-refractivity contribution >= 4 is 34.7 Å². The standard InChI is InChI=1S/C25H26N4O4/c1-32-22-13-12-21(15-23(22)33-2)29-16-20(14-24(29)30)28-25(31)27-19-10-8-18(9-11-19)26-17-6-4-3-5-7-17/h3-13,15,20,26H,14,16H2,1-2H3,(H2,27,28,31). The van der Waals surface area contributed by atoms with Crippen molar-refractivity contribution in [3.63, 3.8) is 0 Å². The van der Waals surface area contributed by atoms with E-state index in [9.17, 15) is 9.59 Å². The van der Waals surface area contributed by atoms with Gasteiger partial charge in [0.1, 0.15) is 0 Å². The number of urea groups is 1. The Morgan fingerprint density at radius 2 is 1.55 bits per heavy atom. The fourth-order valence-electron chi connectivity index (χ4n) is 3.72. The molecule has 1 aliphatic rings. The minimum atomic E-state index is -0.356. The smallest absolute Gasteiger partial charge is 0.319 e. The Labute approximate surface area is 192 Å². The van der Waals surface area contributed by atoms with Crippen LogP contribution >= 0.6 is 0 Å². The maximum absolute atomic E-state index is 12.5. The molecule has 8 nitrogen and oxygen atoms in total. The number of carbonyl (C=O) groups is 2. The summed E-state index contributed by atoms with van der Waals surface area (Å²) in [5, 5.41) is 8.99. The van der Waals surface area contributed by atoms with E-state index in [1.54, 1.807) is 37.3 Å². The zero-order valence-electron chi connectivity index (χ0n) is 18.5. The van der Waals surface area contributed by atoms with Crippen molar-refractivity contribution in [3.05, 3.63) is 72.8 Å². The molecule has 1 heterocycles. The SMILES string of the molecule is COc1ccc(N2CC(NC(=O)Nc3ccc(Nc4ccccc4)cc3)CC2=O)cc1OC. The summed E-state index contributed by atoms with van der Waals surface area (Å²) >= 11 is 0. The molecule has 3 N–H and O–H groups in total. The van der Waals surface area contributed by atoms with Gasteiger partial charge in [-0.15, -0.1) is 0 Å². The molecule has 8 heteroatoms. The molecular weight excluding hydrogens is 420 g/mol. The first-order valence-electron chi connectivity index (χ1n) is 10.6. The topological polar surface area (TPSA) is 91.9 Å². The highest BCUT2D eigenvalue weighted by Crippen LogP contribution is 2.33. The molecule has 3 amide bonds. The highest BCUT2D eigenvalue weighted by atomic mass is 16.5. The van der Waals surface area contributed by atoms with Crippen LogP contribution in [0, 0.1) is 0 Å². The van der Waals surface area contributed by atoms with E-state index in [4.69, 9.17) is 9.47 Å². The van der Waals surface area contributed by atoms with Crippen molar-refractivity contribution in [2.24, 2.45) is 0 Å². The van der Waals surface area contributed by atoms with Gasteiger partial charge in [-0.2, -0.15) is 0 Å². The number of anilines is 4. The van der Waals surface area contributed by atoms with Crippen LogP contribution in [0.4, 0.5) is 27.5 Å². The van der Waals surface area contributed by atoms with E-state index in [0.29, 0.717) is 29.4 Å². The third-order valence-corrected chi connectivity index (χ3v) is 5.34. The Morgan fingerprint density at radius 3 is 2.24 bits per heavy atom. The lowest BCUT2D eigenvalue weighted by molar-refractivity contribution is -0.117. The largest absolute Gasteiger partial charge is 0.493 e. The monoisotopic (exact) mass is 446 g/mol. The Kier molecular flexibility index (Phi) is 6.64. The van der Waals surface area contributed by atoms with Gasteiger partial charge >= 0.3 is 6.03 Å². The zero-order chi connectivity index (χ0) is 23.2. The summed E-state index contributed by atoms with van der Waals surface area (Å²) in [6, 6.07) is 21.9.